The number of ketones is 1. The minimum atomic E-state index is -0.321. The van der Waals surface area contributed by atoms with Crippen molar-refractivity contribution < 1.29 is 9.53 Å². The van der Waals surface area contributed by atoms with E-state index in [4.69, 9.17) is 27.9 Å². The highest BCUT2D eigenvalue weighted by Gasteiger charge is 2.24. The van der Waals surface area contributed by atoms with Gasteiger partial charge >= 0.3 is 0 Å². The molecule has 0 spiro atoms. The second-order valence-corrected chi connectivity index (χ2v) is 5.52. The van der Waals surface area contributed by atoms with Crippen LogP contribution in [0.15, 0.2) is 28.4 Å². The number of Topliss-reactive ketones (excluding diaryl/α,β-unsaturated/α-hetero) is 1. The molecule has 20 heavy (non-hydrogen) atoms. The molecule has 5 nitrogen and oxygen atoms in total. The topological polar surface area (TPSA) is 53.9 Å². The Labute approximate surface area is 128 Å². The summed E-state index contributed by atoms with van der Waals surface area (Å²) < 4.78 is 5.27. The number of alkyl halides is 1. The van der Waals surface area contributed by atoms with Gasteiger partial charge in [-0.3, -0.25) is 10.2 Å². The third kappa shape index (κ3) is 3.75. The Balaban J connectivity index is 2.07. The summed E-state index contributed by atoms with van der Waals surface area (Å²) in [5, 5.41) is 4.49. The number of rotatable bonds is 3. The van der Waals surface area contributed by atoms with Gasteiger partial charge in [-0.15, -0.1) is 11.6 Å². The van der Waals surface area contributed by atoms with Gasteiger partial charge in [0.05, 0.1) is 24.6 Å². The molecule has 1 saturated heterocycles. The van der Waals surface area contributed by atoms with Crippen molar-refractivity contribution in [1.29, 1.82) is 0 Å². The van der Waals surface area contributed by atoms with Crippen molar-refractivity contribution in [3.05, 3.63) is 23.3 Å². The van der Waals surface area contributed by atoms with Crippen LogP contribution in [0.4, 0.5) is 0 Å². The first-order chi connectivity index (χ1) is 9.59. The molecule has 7 heteroatoms. The fraction of sp³-hybridized carbons (Fsp3) is 0.538. The summed E-state index contributed by atoms with van der Waals surface area (Å²) in [6.07, 6.45) is 5.38. The summed E-state index contributed by atoms with van der Waals surface area (Å²) in [5.41, 5.74) is 2.90. The molecule has 2 atom stereocenters. The SMILES string of the molecule is CC(=O)C(=NNC1C(Cl)=CC=CC1Cl)N1CCOCC1. The second kappa shape index (κ2) is 7.11. The van der Waals surface area contributed by atoms with Gasteiger partial charge in [0.15, 0.2) is 11.6 Å². The Morgan fingerprint density at radius 2 is 2.20 bits per heavy atom. The van der Waals surface area contributed by atoms with Crippen LogP contribution in [0, 0.1) is 0 Å². The van der Waals surface area contributed by atoms with Crippen LogP contribution in [0.2, 0.25) is 0 Å². The van der Waals surface area contributed by atoms with Gasteiger partial charge in [0.25, 0.3) is 0 Å². The Morgan fingerprint density at radius 3 is 2.80 bits per heavy atom. The lowest BCUT2D eigenvalue weighted by atomic mass is 10.1. The summed E-state index contributed by atoms with van der Waals surface area (Å²) in [5.74, 6) is 0.285. The smallest absolute Gasteiger partial charge is 0.196 e. The van der Waals surface area contributed by atoms with Gasteiger partial charge < -0.3 is 9.64 Å². The Morgan fingerprint density at radius 1 is 1.50 bits per heavy atom. The standard InChI is InChI=1S/C13H17Cl2N3O2/c1-9(19)13(18-5-7-20-8-6-18)17-16-12-10(14)3-2-4-11(12)15/h2-4,10,12,16H,5-8H2,1H3. The van der Waals surface area contributed by atoms with Crippen LogP contribution >= 0.6 is 23.2 Å². The van der Waals surface area contributed by atoms with Crippen LogP contribution in [-0.4, -0.2) is 54.2 Å². The maximum Gasteiger partial charge on any atom is 0.196 e. The molecule has 0 radical (unpaired) electrons. The van der Waals surface area contributed by atoms with Gasteiger partial charge in [0.1, 0.15) is 0 Å². The van der Waals surface area contributed by atoms with Gasteiger partial charge in [-0.05, 0) is 6.08 Å². The Bertz CT molecular complexity index is 457. The summed E-state index contributed by atoms with van der Waals surface area (Å²) >= 11 is 12.3. The van der Waals surface area contributed by atoms with Crippen molar-refractivity contribution in [1.82, 2.24) is 10.3 Å². The quantitative estimate of drug-likeness (QED) is 0.371. The van der Waals surface area contributed by atoms with Crippen molar-refractivity contribution in [3.63, 3.8) is 0 Å². The molecular formula is C13H17Cl2N3O2. The number of hydrogen-bond acceptors (Lipinski definition) is 4. The number of amidine groups is 1. The molecule has 1 fully saturated rings. The van der Waals surface area contributed by atoms with Crippen molar-refractivity contribution in [2.24, 2.45) is 5.10 Å². The van der Waals surface area contributed by atoms with Crippen molar-refractivity contribution in [2.75, 3.05) is 26.3 Å². The number of hydrogen-bond donors (Lipinski definition) is 1. The van der Waals surface area contributed by atoms with Crippen molar-refractivity contribution in [3.8, 4) is 0 Å². The van der Waals surface area contributed by atoms with Crippen LogP contribution < -0.4 is 5.43 Å². The molecule has 1 aliphatic heterocycles. The van der Waals surface area contributed by atoms with E-state index in [9.17, 15) is 4.79 Å². The Hall–Kier alpha value is -1.04. The lowest BCUT2D eigenvalue weighted by Gasteiger charge is -2.29. The van der Waals surface area contributed by atoms with Gasteiger partial charge in [-0.1, -0.05) is 23.8 Å². The average Bonchev–Trinajstić information content (AvgIpc) is 2.43. The summed E-state index contributed by atoms with van der Waals surface area (Å²) in [6.45, 7) is 3.98. The van der Waals surface area contributed by atoms with Gasteiger partial charge in [-0.2, -0.15) is 5.10 Å². The number of hydrazone groups is 1. The predicted octanol–water partition coefficient (Wildman–Crippen LogP) is 1.48. The molecule has 0 aromatic carbocycles. The molecule has 0 saturated carbocycles. The molecule has 2 rings (SSSR count). The van der Waals surface area contributed by atoms with E-state index in [0.29, 0.717) is 37.2 Å². The molecule has 1 heterocycles. The molecule has 0 amide bonds. The molecule has 1 N–H and O–H groups in total. The second-order valence-electron chi connectivity index (χ2n) is 4.58. The van der Waals surface area contributed by atoms with Crippen LogP contribution in [0.3, 0.4) is 0 Å². The summed E-state index contributed by atoms with van der Waals surface area (Å²) in [4.78, 5) is 13.6. The highest BCUT2D eigenvalue weighted by atomic mass is 35.5. The lowest BCUT2D eigenvalue weighted by molar-refractivity contribution is -0.112. The van der Waals surface area contributed by atoms with E-state index in [1.165, 1.54) is 6.92 Å². The number of carbonyl (C=O) groups is 1. The number of ether oxygens (including phenoxy) is 1. The summed E-state index contributed by atoms with van der Waals surface area (Å²) in [6, 6.07) is -0.321. The van der Waals surface area contributed by atoms with E-state index in [-0.39, 0.29) is 17.2 Å². The molecule has 1 aliphatic carbocycles. The van der Waals surface area contributed by atoms with E-state index in [1.807, 2.05) is 11.0 Å². The fourth-order valence-corrected chi connectivity index (χ4v) is 2.63. The Kier molecular flexibility index (Phi) is 5.46. The van der Waals surface area contributed by atoms with Crippen LogP contribution in [0.1, 0.15) is 6.92 Å². The van der Waals surface area contributed by atoms with Crippen LogP contribution in [-0.2, 0) is 9.53 Å². The van der Waals surface area contributed by atoms with E-state index >= 15 is 0 Å². The third-order valence-electron chi connectivity index (χ3n) is 3.10. The summed E-state index contributed by atoms with van der Waals surface area (Å²) in [7, 11) is 0. The lowest BCUT2D eigenvalue weighted by Crippen LogP contribution is -2.45. The molecule has 110 valence electrons. The van der Waals surface area contributed by atoms with Crippen LogP contribution in [0.25, 0.3) is 0 Å². The minimum Gasteiger partial charge on any atom is -0.378 e. The molecular weight excluding hydrogens is 301 g/mol. The van der Waals surface area contributed by atoms with E-state index in [1.54, 1.807) is 12.2 Å². The minimum absolute atomic E-state index is 0.100. The number of nitrogens with one attached hydrogen (secondary N) is 1. The van der Waals surface area contributed by atoms with Crippen LogP contribution in [0.5, 0.6) is 0 Å². The van der Waals surface area contributed by atoms with Crippen molar-refractivity contribution in [2.45, 2.75) is 18.3 Å². The largest absolute Gasteiger partial charge is 0.378 e. The number of halogens is 2. The highest BCUT2D eigenvalue weighted by Crippen LogP contribution is 2.21. The van der Waals surface area contributed by atoms with E-state index in [2.05, 4.69) is 10.5 Å². The zero-order valence-corrected chi connectivity index (χ0v) is 12.7. The molecule has 2 aliphatic rings. The third-order valence-corrected chi connectivity index (χ3v) is 3.86. The zero-order chi connectivity index (χ0) is 14.5. The molecule has 0 aromatic rings. The first kappa shape index (κ1) is 15.4. The molecule has 0 bridgehead atoms. The maximum absolute atomic E-state index is 11.7. The van der Waals surface area contributed by atoms with Crippen molar-refractivity contribution >= 4 is 34.8 Å². The monoisotopic (exact) mass is 317 g/mol. The van der Waals surface area contributed by atoms with Gasteiger partial charge in [-0.25, -0.2) is 0 Å². The number of allylic oxidation sites excluding steroid dienone is 2. The van der Waals surface area contributed by atoms with E-state index in [0.717, 1.165) is 0 Å². The fourth-order valence-electron chi connectivity index (χ4n) is 2.03. The number of carbonyl (C=O) groups excluding carboxylic acids is 1. The first-order valence-electron chi connectivity index (χ1n) is 6.44. The number of nitrogens with zero attached hydrogens (tertiary/aromatic N) is 2. The predicted molar refractivity (Wildman–Crippen MR) is 80.1 cm³/mol. The number of morpholine rings is 1. The molecule has 0 aromatic heterocycles. The van der Waals surface area contributed by atoms with Gasteiger partial charge in [0.2, 0.25) is 0 Å². The van der Waals surface area contributed by atoms with Gasteiger partial charge in [0, 0.05) is 25.0 Å². The maximum atomic E-state index is 11.7. The zero-order valence-electron chi connectivity index (χ0n) is 11.2. The average molecular weight is 318 g/mol. The highest BCUT2D eigenvalue weighted by molar-refractivity contribution is 6.37. The normalized spacial score (nSPS) is 27.2. The van der Waals surface area contributed by atoms with E-state index < -0.39 is 0 Å². The first-order valence-corrected chi connectivity index (χ1v) is 7.26. The molecule has 2 unspecified atom stereocenters.